The fourth-order valence-corrected chi connectivity index (χ4v) is 4.63. The molecule has 0 atom stereocenters. The Balaban J connectivity index is 1.62. The third-order valence-corrected chi connectivity index (χ3v) is 6.10. The lowest BCUT2D eigenvalue weighted by molar-refractivity contribution is 0.102. The van der Waals surface area contributed by atoms with Crippen molar-refractivity contribution in [2.45, 2.75) is 11.9 Å². The average Bonchev–Trinajstić information content (AvgIpc) is 3.14. The first kappa shape index (κ1) is 18.6. The number of benzene rings is 2. The maximum absolute atomic E-state index is 12.6. The van der Waals surface area contributed by atoms with E-state index in [-0.39, 0.29) is 11.5 Å². The predicted octanol–water partition coefficient (Wildman–Crippen LogP) is 5.05. The van der Waals surface area contributed by atoms with E-state index in [0.717, 1.165) is 26.5 Å². The quantitative estimate of drug-likeness (QED) is 0.329. The van der Waals surface area contributed by atoms with E-state index in [1.165, 1.54) is 11.8 Å². The smallest absolute Gasteiger partial charge is 0.173 e. The summed E-state index contributed by atoms with van der Waals surface area (Å²) in [5, 5.41) is 10.4. The number of Topliss-reactive ketones (excluding diaryl/α,β-unsaturated/α-hetero) is 1. The molecule has 0 aliphatic carbocycles. The number of thiazole rings is 1. The van der Waals surface area contributed by atoms with Gasteiger partial charge < -0.3 is 4.74 Å². The molecule has 2 aromatic carbocycles. The first-order valence-corrected chi connectivity index (χ1v) is 10.4. The highest BCUT2D eigenvalue weighted by molar-refractivity contribution is 8.00. The zero-order valence-corrected chi connectivity index (χ0v) is 17.0. The highest BCUT2D eigenvalue weighted by Gasteiger charge is 2.17. The largest absolute Gasteiger partial charge is 0.497 e. The van der Waals surface area contributed by atoms with E-state index >= 15 is 0 Å². The molecule has 0 N–H and O–H groups in total. The van der Waals surface area contributed by atoms with Crippen LogP contribution in [0.3, 0.4) is 0 Å². The number of aromatic nitrogens is 3. The zero-order valence-electron chi connectivity index (χ0n) is 15.4. The minimum absolute atomic E-state index is 0.0120. The van der Waals surface area contributed by atoms with Crippen molar-refractivity contribution in [2.24, 2.45) is 0 Å². The number of nitrogens with zero attached hydrogens (tertiary/aromatic N) is 3. The second-order valence-electron chi connectivity index (χ2n) is 6.07. The van der Waals surface area contributed by atoms with Gasteiger partial charge in [0.15, 0.2) is 5.78 Å². The van der Waals surface area contributed by atoms with Crippen molar-refractivity contribution < 1.29 is 9.53 Å². The number of thioether (sulfide) groups is 1. The van der Waals surface area contributed by atoms with Crippen molar-refractivity contribution in [3.05, 3.63) is 65.2 Å². The van der Waals surface area contributed by atoms with Crippen LogP contribution in [0.4, 0.5) is 0 Å². The molecule has 0 unspecified atom stereocenters. The molecule has 5 nitrogen and oxygen atoms in total. The fourth-order valence-electron chi connectivity index (χ4n) is 2.82. The minimum Gasteiger partial charge on any atom is -0.497 e. The van der Waals surface area contributed by atoms with Crippen LogP contribution < -0.4 is 4.74 Å². The molecule has 0 aliphatic heterocycles. The molecule has 2 aromatic heterocycles. The number of ether oxygens (including phenoxy) is 1. The third-order valence-electron chi connectivity index (χ3n) is 4.17. The Labute approximate surface area is 170 Å². The molecule has 7 heteroatoms. The van der Waals surface area contributed by atoms with Crippen LogP contribution in [0.1, 0.15) is 15.4 Å². The molecular formula is C21H17N3O2S2. The Bertz CT molecular complexity index is 1140. The normalized spacial score (nSPS) is 10.9. The van der Waals surface area contributed by atoms with Crippen molar-refractivity contribution in [1.29, 1.82) is 0 Å². The maximum atomic E-state index is 12.6. The van der Waals surface area contributed by atoms with Crippen molar-refractivity contribution in [3.63, 3.8) is 0 Å². The Hall–Kier alpha value is -2.77. The number of hydrogen-bond donors (Lipinski definition) is 0. The summed E-state index contributed by atoms with van der Waals surface area (Å²) in [6.45, 7) is 1.97. The lowest BCUT2D eigenvalue weighted by atomic mass is 10.1. The van der Waals surface area contributed by atoms with Gasteiger partial charge in [0.05, 0.1) is 22.6 Å². The predicted molar refractivity (Wildman–Crippen MR) is 113 cm³/mol. The maximum Gasteiger partial charge on any atom is 0.173 e. The van der Waals surface area contributed by atoms with Gasteiger partial charge in [-0.25, -0.2) is 4.98 Å². The van der Waals surface area contributed by atoms with Gasteiger partial charge in [-0.2, -0.15) is 0 Å². The number of fused-ring (bicyclic) bond motifs is 1. The molecule has 4 rings (SSSR count). The van der Waals surface area contributed by atoms with Crippen molar-refractivity contribution in [2.75, 3.05) is 12.9 Å². The third kappa shape index (κ3) is 3.76. The van der Waals surface area contributed by atoms with E-state index in [2.05, 4.69) is 15.2 Å². The van der Waals surface area contributed by atoms with E-state index in [0.29, 0.717) is 16.3 Å². The van der Waals surface area contributed by atoms with Gasteiger partial charge in [-0.1, -0.05) is 54.2 Å². The van der Waals surface area contributed by atoms with Gasteiger partial charge in [0, 0.05) is 11.1 Å². The summed E-state index contributed by atoms with van der Waals surface area (Å²) in [6.07, 6.45) is 0. The summed E-state index contributed by atoms with van der Waals surface area (Å²) in [5.41, 5.74) is 3.25. The molecule has 0 saturated carbocycles. The van der Waals surface area contributed by atoms with Crippen LogP contribution in [0.25, 0.3) is 21.5 Å². The molecule has 0 bridgehead atoms. The molecule has 4 aromatic rings. The number of rotatable bonds is 6. The number of aryl methyl sites for hydroxylation is 1. The number of carbonyl (C=O) groups excluding carboxylic acids is 1. The first-order valence-electron chi connectivity index (χ1n) is 8.65. The highest BCUT2D eigenvalue weighted by Crippen LogP contribution is 2.35. The highest BCUT2D eigenvalue weighted by atomic mass is 32.2. The Morgan fingerprint density at radius 1 is 1.11 bits per heavy atom. The Morgan fingerprint density at radius 2 is 1.93 bits per heavy atom. The van der Waals surface area contributed by atoms with E-state index in [9.17, 15) is 4.79 Å². The molecular weight excluding hydrogens is 390 g/mol. The van der Waals surface area contributed by atoms with Crippen molar-refractivity contribution in [3.8, 4) is 17.0 Å². The van der Waals surface area contributed by atoms with E-state index in [1.807, 2.05) is 49.4 Å². The molecule has 0 fully saturated rings. The van der Waals surface area contributed by atoms with Gasteiger partial charge in [0.25, 0.3) is 0 Å². The molecule has 0 spiro atoms. The van der Waals surface area contributed by atoms with Crippen molar-refractivity contribution in [1.82, 2.24) is 15.2 Å². The molecule has 0 saturated heterocycles. The number of hydrogen-bond acceptors (Lipinski definition) is 7. The van der Waals surface area contributed by atoms with Crippen molar-refractivity contribution >= 4 is 39.1 Å². The topological polar surface area (TPSA) is 65.0 Å². The standard InChI is InChI=1S/C21H17N3O2S2/c1-13-22-19-20(28-13)18(14-7-4-3-5-8-14)23-24-21(19)27-12-17(25)15-9-6-10-16(11-15)26-2/h3-11H,12H2,1-2H3. The van der Waals surface area contributed by atoms with Crippen LogP contribution in [0.5, 0.6) is 5.75 Å². The van der Waals surface area contributed by atoms with Crippen LogP contribution in [0, 0.1) is 6.92 Å². The van der Waals surface area contributed by atoms with Crippen LogP contribution in [-0.4, -0.2) is 33.8 Å². The minimum atomic E-state index is 0.0120. The second kappa shape index (κ2) is 8.08. The summed E-state index contributed by atoms with van der Waals surface area (Å²) in [5.74, 6) is 0.941. The van der Waals surface area contributed by atoms with Crippen LogP contribution in [0.2, 0.25) is 0 Å². The van der Waals surface area contributed by atoms with Gasteiger partial charge >= 0.3 is 0 Å². The van der Waals surface area contributed by atoms with Crippen LogP contribution >= 0.6 is 23.1 Å². The van der Waals surface area contributed by atoms with Gasteiger partial charge in [-0.3, -0.25) is 4.79 Å². The fraction of sp³-hybridized carbons (Fsp3) is 0.143. The molecule has 28 heavy (non-hydrogen) atoms. The van der Waals surface area contributed by atoms with E-state index in [4.69, 9.17) is 4.74 Å². The van der Waals surface area contributed by atoms with Gasteiger partial charge in [0.2, 0.25) is 0 Å². The molecule has 2 heterocycles. The summed E-state index contributed by atoms with van der Waals surface area (Å²) < 4.78 is 6.19. The number of ketones is 1. The van der Waals surface area contributed by atoms with Crippen LogP contribution in [-0.2, 0) is 0 Å². The van der Waals surface area contributed by atoms with E-state index < -0.39 is 0 Å². The van der Waals surface area contributed by atoms with E-state index in [1.54, 1.807) is 30.6 Å². The SMILES string of the molecule is COc1cccc(C(=O)CSc2nnc(-c3ccccc3)c3sc(C)nc23)c1. The Kier molecular flexibility index (Phi) is 5.36. The summed E-state index contributed by atoms with van der Waals surface area (Å²) >= 11 is 2.96. The molecule has 0 radical (unpaired) electrons. The lowest BCUT2D eigenvalue weighted by Gasteiger charge is -2.06. The zero-order chi connectivity index (χ0) is 19.5. The van der Waals surface area contributed by atoms with Crippen LogP contribution in [0.15, 0.2) is 59.6 Å². The van der Waals surface area contributed by atoms with Gasteiger partial charge in [-0.15, -0.1) is 21.5 Å². The molecule has 0 amide bonds. The average molecular weight is 408 g/mol. The summed E-state index contributed by atoms with van der Waals surface area (Å²) in [7, 11) is 1.59. The second-order valence-corrected chi connectivity index (χ2v) is 8.24. The molecule has 0 aliphatic rings. The number of carbonyl (C=O) groups is 1. The first-order chi connectivity index (χ1) is 13.7. The van der Waals surface area contributed by atoms with Gasteiger partial charge in [-0.05, 0) is 19.1 Å². The van der Waals surface area contributed by atoms with Gasteiger partial charge in [0.1, 0.15) is 22.0 Å². The Morgan fingerprint density at radius 3 is 2.71 bits per heavy atom. The number of methoxy groups -OCH3 is 1. The summed E-state index contributed by atoms with van der Waals surface area (Å²) in [4.78, 5) is 17.2. The molecule has 140 valence electrons. The monoisotopic (exact) mass is 407 g/mol. The lowest BCUT2D eigenvalue weighted by Crippen LogP contribution is -2.03. The summed E-state index contributed by atoms with van der Waals surface area (Å²) in [6, 6.07) is 17.1.